The Kier molecular flexibility index (Phi) is 6.95. The summed E-state index contributed by atoms with van der Waals surface area (Å²) in [6.45, 7) is 1.86. The maximum absolute atomic E-state index is 11.6. The Hall–Kier alpha value is -2.78. The normalized spacial score (nSPS) is 15.0. The molecule has 0 spiro atoms. The number of fused-ring (bicyclic) bond motifs is 1. The lowest BCUT2D eigenvalue weighted by molar-refractivity contribution is 0.312. The molecular formula is C23H27N3O2S. The minimum Gasteiger partial charge on any atom is -0.497 e. The van der Waals surface area contributed by atoms with Crippen LogP contribution in [0.4, 0.5) is 5.69 Å². The van der Waals surface area contributed by atoms with Crippen molar-refractivity contribution in [1.82, 2.24) is 4.57 Å². The SMILES string of the molecule is C1CC1.CCS(=O)Nc1ccc(-c2c(C#N)c3c(n2C)=CC(OC)=CCC=3)cc1. The molecule has 1 heterocycles. The minimum atomic E-state index is -1.08. The van der Waals surface area contributed by atoms with Gasteiger partial charge in [-0.05, 0) is 30.2 Å². The number of nitrogens with one attached hydrogen (secondary N) is 1. The van der Waals surface area contributed by atoms with Crippen molar-refractivity contribution in [1.29, 1.82) is 5.26 Å². The molecule has 1 atom stereocenters. The molecule has 6 heteroatoms. The van der Waals surface area contributed by atoms with Crippen molar-refractivity contribution in [2.24, 2.45) is 7.05 Å². The first-order chi connectivity index (χ1) is 14.1. The molecular weight excluding hydrogens is 382 g/mol. The van der Waals surface area contributed by atoms with Gasteiger partial charge in [-0.2, -0.15) is 5.26 Å². The molecule has 29 heavy (non-hydrogen) atoms. The number of methoxy groups -OCH3 is 1. The van der Waals surface area contributed by atoms with Crippen LogP contribution in [0.1, 0.15) is 38.2 Å². The van der Waals surface area contributed by atoms with Crippen molar-refractivity contribution < 1.29 is 8.95 Å². The van der Waals surface area contributed by atoms with Gasteiger partial charge in [0.2, 0.25) is 0 Å². The Morgan fingerprint density at radius 1 is 1.21 bits per heavy atom. The largest absolute Gasteiger partial charge is 0.497 e. The van der Waals surface area contributed by atoms with E-state index in [2.05, 4.69) is 16.9 Å². The Morgan fingerprint density at radius 3 is 2.45 bits per heavy atom. The summed E-state index contributed by atoms with van der Waals surface area (Å²) in [4.78, 5) is 0. The third kappa shape index (κ3) is 4.99. The molecule has 0 amide bonds. The molecule has 1 fully saturated rings. The molecule has 152 valence electrons. The topological polar surface area (TPSA) is 67.0 Å². The summed E-state index contributed by atoms with van der Waals surface area (Å²) in [5.41, 5.74) is 3.26. The van der Waals surface area contributed by atoms with Crippen molar-refractivity contribution in [3.8, 4) is 17.3 Å². The van der Waals surface area contributed by atoms with Gasteiger partial charge in [0.05, 0.1) is 23.7 Å². The van der Waals surface area contributed by atoms with Crippen LogP contribution in [0.2, 0.25) is 0 Å². The van der Waals surface area contributed by atoms with Crippen LogP contribution in [0.5, 0.6) is 0 Å². The van der Waals surface area contributed by atoms with Gasteiger partial charge < -0.3 is 14.0 Å². The summed E-state index contributed by atoms with van der Waals surface area (Å²) in [6.07, 6.45) is 11.2. The molecule has 1 unspecified atom stereocenters. The fourth-order valence-corrected chi connectivity index (χ4v) is 3.63. The predicted octanol–water partition coefficient (Wildman–Crippen LogP) is 3.32. The van der Waals surface area contributed by atoms with E-state index >= 15 is 0 Å². The summed E-state index contributed by atoms with van der Waals surface area (Å²) in [7, 11) is 2.52. The third-order valence-electron chi connectivity index (χ3n) is 4.75. The zero-order valence-corrected chi connectivity index (χ0v) is 18.0. The maximum Gasteiger partial charge on any atom is 0.117 e. The van der Waals surface area contributed by atoms with Crippen molar-refractivity contribution in [3.63, 3.8) is 0 Å². The second-order valence-electron chi connectivity index (χ2n) is 6.96. The first kappa shape index (κ1) is 20.9. The number of nitriles is 1. The van der Waals surface area contributed by atoms with Gasteiger partial charge in [-0.25, -0.2) is 4.21 Å². The second-order valence-corrected chi connectivity index (χ2v) is 8.43. The van der Waals surface area contributed by atoms with Gasteiger partial charge in [0.25, 0.3) is 0 Å². The molecule has 2 aliphatic carbocycles. The fourth-order valence-electron chi connectivity index (χ4n) is 3.09. The summed E-state index contributed by atoms with van der Waals surface area (Å²) in [6, 6.07) is 10.0. The van der Waals surface area contributed by atoms with Crippen LogP contribution in [0.15, 0.2) is 36.1 Å². The first-order valence-corrected chi connectivity index (χ1v) is 11.2. The average Bonchev–Trinajstić information content (AvgIpc) is 3.60. The van der Waals surface area contributed by atoms with Crippen molar-refractivity contribution in [2.75, 3.05) is 17.6 Å². The van der Waals surface area contributed by atoms with Gasteiger partial charge in [0.1, 0.15) is 22.8 Å². The molecule has 1 N–H and O–H groups in total. The highest BCUT2D eigenvalue weighted by Gasteiger charge is 2.16. The van der Waals surface area contributed by atoms with Gasteiger partial charge in [-0.1, -0.05) is 44.4 Å². The van der Waals surface area contributed by atoms with E-state index in [9.17, 15) is 9.47 Å². The lowest BCUT2D eigenvalue weighted by Crippen LogP contribution is -2.28. The number of ether oxygens (including phenoxy) is 1. The quantitative estimate of drug-likeness (QED) is 0.824. The zero-order valence-electron chi connectivity index (χ0n) is 17.2. The lowest BCUT2D eigenvalue weighted by Gasteiger charge is -2.08. The van der Waals surface area contributed by atoms with E-state index in [1.807, 2.05) is 55.0 Å². The molecule has 4 rings (SSSR count). The van der Waals surface area contributed by atoms with E-state index in [1.54, 1.807) is 7.11 Å². The molecule has 5 nitrogen and oxygen atoms in total. The molecule has 1 aromatic carbocycles. The number of hydrogen-bond acceptors (Lipinski definition) is 3. The van der Waals surface area contributed by atoms with Gasteiger partial charge in [0.15, 0.2) is 0 Å². The third-order valence-corrected chi connectivity index (χ3v) is 5.74. The van der Waals surface area contributed by atoms with E-state index in [-0.39, 0.29) is 0 Å². The van der Waals surface area contributed by atoms with Crippen LogP contribution in [-0.4, -0.2) is 21.6 Å². The standard InChI is InChI=1S/C20H21N3O2S.C3H6/c1-4-26(24)22-15-10-8-14(9-11-15)20-18(13-21)17-7-5-6-16(25-3)12-19(17)23(20)2;1-2-3-1/h6-12,22H,4-5H2,1-3H3;1-3H2. The van der Waals surface area contributed by atoms with Crippen molar-refractivity contribution in [2.45, 2.75) is 32.6 Å². The monoisotopic (exact) mass is 409 g/mol. The zero-order chi connectivity index (χ0) is 20.8. The second kappa shape index (κ2) is 9.62. The van der Waals surface area contributed by atoms with Crippen LogP contribution < -0.4 is 15.3 Å². The smallest absolute Gasteiger partial charge is 0.117 e. The van der Waals surface area contributed by atoms with Crippen LogP contribution in [-0.2, 0) is 22.8 Å². The Morgan fingerprint density at radius 2 is 1.90 bits per heavy atom. The summed E-state index contributed by atoms with van der Waals surface area (Å²) in [5.74, 6) is 1.34. The average molecular weight is 410 g/mol. The van der Waals surface area contributed by atoms with Crippen LogP contribution in [0.3, 0.4) is 0 Å². The Labute approximate surface area is 174 Å². The predicted molar refractivity (Wildman–Crippen MR) is 120 cm³/mol. The Bertz CT molecular complexity index is 1080. The number of allylic oxidation sites excluding steroid dienone is 2. The maximum atomic E-state index is 11.6. The minimum absolute atomic E-state index is 0.548. The number of aromatic nitrogens is 1. The summed E-state index contributed by atoms with van der Waals surface area (Å²) in [5, 5.41) is 11.7. The van der Waals surface area contributed by atoms with Gasteiger partial charge in [0, 0.05) is 29.8 Å². The molecule has 0 aliphatic heterocycles. The number of rotatable bonds is 5. The van der Waals surface area contributed by atoms with Crippen LogP contribution in [0.25, 0.3) is 23.4 Å². The molecule has 0 radical (unpaired) electrons. The number of benzene rings is 1. The molecule has 1 saturated carbocycles. The number of nitrogens with zero attached hydrogens (tertiary/aromatic N) is 2. The van der Waals surface area contributed by atoms with Crippen LogP contribution >= 0.6 is 0 Å². The highest BCUT2D eigenvalue weighted by Crippen LogP contribution is 2.23. The van der Waals surface area contributed by atoms with E-state index in [1.165, 1.54) is 19.3 Å². The molecule has 1 aromatic heterocycles. The highest BCUT2D eigenvalue weighted by molar-refractivity contribution is 7.86. The lowest BCUT2D eigenvalue weighted by atomic mass is 10.1. The fraction of sp³-hybridized carbons (Fsp3) is 0.348. The van der Waals surface area contributed by atoms with Crippen molar-refractivity contribution in [3.05, 3.63) is 52.2 Å². The van der Waals surface area contributed by atoms with E-state index in [0.717, 1.165) is 39.7 Å². The highest BCUT2D eigenvalue weighted by atomic mass is 32.2. The number of hydrogen-bond donors (Lipinski definition) is 1. The van der Waals surface area contributed by atoms with Gasteiger partial charge >= 0.3 is 0 Å². The molecule has 0 saturated heterocycles. The van der Waals surface area contributed by atoms with Gasteiger partial charge in [-0.15, -0.1) is 0 Å². The summed E-state index contributed by atoms with van der Waals surface area (Å²) < 4.78 is 22.0. The van der Waals surface area contributed by atoms with E-state index in [4.69, 9.17) is 4.74 Å². The van der Waals surface area contributed by atoms with Crippen LogP contribution in [0, 0.1) is 11.3 Å². The van der Waals surface area contributed by atoms with E-state index in [0.29, 0.717) is 11.3 Å². The molecule has 2 aromatic rings. The van der Waals surface area contributed by atoms with Crippen molar-refractivity contribution >= 4 is 28.8 Å². The first-order valence-electron chi connectivity index (χ1n) is 9.89. The van der Waals surface area contributed by atoms with Gasteiger partial charge in [-0.3, -0.25) is 0 Å². The summed E-state index contributed by atoms with van der Waals surface area (Å²) >= 11 is 0. The number of anilines is 1. The Balaban J connectivity index is 0.000000732. The van der Waals surface area contributed by atoms with E-state index < -0.39 is 11.0 Å². The molecule has 0 bridgehead atoms. The molecule has 2 aliphatic rings.